The molecule has 4 nitrogen and oxygen atoms in total. The van der Waals surface area contributed by atoms with E-state index in [0.717, 1.165) is 5.56 Å². The first-order chi connectivity index (χ1) is 11.2. The Hall–Kier alpha value is -1.62. The molecule has 1 fully saturated rings. The fraction of sp³-hybridized carbons (Fsp3) is 0.421. The van der Waals surface area contributed by atoms with E-state index < -0.39 is 5.41 Å². The summed E-state index contributed by atoms with van der Waals surface area (Å²) in [5.41, 5.74) is 6.57. The SMILES string of the molecule is CC(NC(=O)C1(CN)CCOCC1)c1cccc2ccccc12.Cl. The van der Waals surface area contributed by atoms with Gasteiger partial charge in [-0.2, -0.15) is 0 Å². The van der Waals surface area contributed by atoms with Crippen molar-refractivity contribution in [3.05, 3.63) is 48.0 Å². The molecule has 24 heavy (non-hydrogen) atoms. The molecule has 1 unspecified atom stereocenters. The van der Waals surface area contributed by atoms with Gasteiger partial charge in [-0.3, -0.25) is 4.79 Å². The van der Waals surface area contributed by atoms with Crippen molar-refractivity contribution in [2.24, 2.45) is 11.1 Å². The molecule has 1 amide bonds. The zero-order valence-electron chi connectivity index (χ0n) is 14.0. The van der Waals surface area contributed by atoms with Crippen LogP contribution in [0.3, 0.4) is 0 Å². The molecule has 130 valence electrons. The topological polar surface area (TPSA) is 64.4 Å². The summed E-state index contributed by atoms with van der Waals surface area (Å²) in [5.74, 6) is 0.0451. The van der Waals surface area contributed by atoms with Gasteiger partial charge in [-0.05, 0) is 36.1 Å². The van der Waals surface area contributed by atoms with Crippen LogP contribution in [0.25, 0.3) is 10.8 Å². The van der Waals surface area contributed by atoms with Gasteiger partial charge in [0.05, 0.1) is 11.5 Å². The summed E-state index contributed by atoms with van der Waals surface area (Å²) in [5, 5.41) is 5.54. The Morgan fingerprint density at radius 3 is 2.58 bits per heavy atom. The Balaban J connectivity index is 0.00000208. The van der Waals surface area contributed by atoms with Crippen molar-refractivity contribution in [1.29, 1.82) is 0 Å². The number of nitrogens with one attached hydrogen (secondary N) is 1. The average Bonchev–Trinajstić information content (AvgIpc) is 2.61. The number of ether oxygens (including phenoxy) is 1. The maximum absolute atomic E-state index is 12.8. The summed E-state index contributed by atoms with van der Waals surface area (Å²) in [6.45, 7) is 3.61. The van der Waals surface area contributed by atoms with Crippen LogP contribution in [-0.2, 0) is 9.53 Å². The zero-order chi connectivity index (χ0) is 16.3. The molecule has 2 aromatic rings. The first-order valence-electron chi connectivity index (χ1n) is 8.23. The maximum Gasteiger partial charge on any atom is 0.228 e. The molecule has 0 bridgehead atoms. The number of amides is 1. The predicted molar refractivity (Wildman–Crippen MR) is 99.3 cm³/mol. The molecule has 1 saturated heterocycles. The smallest absolute Gasteiger partial charge is 0.228 e. The number of halogens is 1. The fourth-order valence-electron chi connectivity index (χ4n) is 3.34. The Morgan fingerprint density at radius 2 is 1.88 bits per heavy atom. The third-order valence-corrected chi connectivity index (χ3v) is 4.96. The van der Waals surface area contributed by atoms with Crippen molar-refractivity contribution in [2.45, 2.75) is 25.8 Å². The van der Waals surface area contributed by atoms with Crippen molar-refractivity contribution in [3.8, 4) is 0 Å². The van der Waals surface area contributed by atoms with Crippen LogP contribution < -0.4 is 11.1 Å². The molecule has 0 saturated carbocycles. The molecule has 1 atom stereocenters. The minimum atomic E-state index is -0.489. The van der Waals surface area contributed by atoms with Crippen LogP contribution in [0.15, 0.2) is 42.5 Å². The second-order valence-corrected chi connectivity index (χ2v) is 6.36. The fourth-order valence-corrected chi connectivity index (χ4v) is 3.34. The molecular weight excluding hydrogens is 324 g/mol. The lowest BCUT2D eigenvalue weighted by Gasteiger charge is -2.35. The Kier molecular flexibility index (Phi) is 6.21. The minimum absolute atomic E-state index is 0. The number of hydrogen-bond acceptors (Lipinski definition) is 3. The highest BCUT2D eigenvalue weighted by Gasteiger charge is 2.39. The summed E-state index contributed by atoms with van der Waals surface area (Å²) in [7, 11) is 0. The van der Waals surface area contributed by atoms with Gasteiger partial charge in [0.1, 0.15) is 0 Å². The van der Waals surface area contributed by atoms with Crippen LogP contribution in [0.1, 0.15) is 31.4 Å². The van der Waals surface area contributed by atoms with E-state index in [1.54, 1.807) is 0 Å². The highest BCUT2D eigenvalue weighted by molar-refractivity contribution is 5.88. The molecule has 3 N–H and O–H groups in total. The number of hydrogen-bond donors (Lipinski definition) is 2. The van der Waals surface area contributed by atoms with Gasteiger partial charge in [0.2, 0.25) is 5.91 Å². The van der Waals surface area contributed by atoms with Crippen LogP contribution in [0.5, 0.6) is 0 Å². The molecule has 0 radical (unpaired) electrons. The number of rotatable bonds is 4. The maximum atomic E-state index is 12.8. The van der Waals surface area contributed by atoms with Gasteiger partial charge in [0.25, 0.3) is 0 Å². The molecule has 1 aliphatic heterocycles. The van der Waals surface area contributed by atoms with E-state index in [1.807, 2.05) is 25.1 Å². The third-order valence-electron chi connectivity index (χ3n) is 4.96. The van der Waals surface area contributed by atoms with Crippen molar-refractivity contribution in [2.75, 3.05) is 19.8 Å². The van der Waals surface area contributed by atoms with Crippen molar-refractivity contribution >= 4 is 29.1 Å². The summed E-state index contributed by atoms with van der Waals surface area (Å²) >= 11 is 0. The second-order valence-electron chi connectivity index (χ2n) is 6.36. The van der Waals surface area contributed by atoms with Gasteiger partial charge in [0, 0.05) is 19.8 Å². The molecule has 0 spiro atoms. The normalized spacial score (nSPS) is 17.8. The second kappa shape index (κ2) is 7.97. The van der Waals surface area contributed by atoms with Gasteiger partial charge in [0.15, 0.2) is 0 Å². The number of fused-ring (bicyclic) bond motifs is 1. The van der Waals surface area contributed by atoms with Crippen LogP contribution in [0, 0.1) is 5.41 Å². The summed E-state index contributed by atoms with van der Waals surface area (Å²) in [6, 6.07) is 14.4. The van der Waals surface area contributed by atoms with Crippen LogP contribution in [0.4, 0.5) is 0 Å². The molecule has 0 aromatic heterocycles. The predicted octanol–water partition coefficient (Wildman–Crippen LogP) is 3.19. The molecule has 5 heteroatoms. The van der Waals surface area contributed by atoms with E-state index in [1.165, 1.54) is 10.8 Å². The minimum Gasteiger partial charge on any atom is -0.381 e. The zero-order valence-corrected chi connectivity index (χ0v) is 14.8. The summed E-state index contributed by atoms with van der Waals surface area (Å²) in [4.78, 5) is 12.8. The standard InChI is InChI=1S/C19H24N2O2.ClH/c1-14(16-8-4-6-15-5-2-3-7-17(15)16)21-18(22)19(13-20)9-11-23-12-10-19;/h2-8,14H,9-13,20H2,1H3,(H,21,22);1H. The number of benzene rings is 2. The molecule has 1 aliphatic rings. The van der Waals surface area contributed by atoms with E-state index in [-0.39, 0.29) is 24.4 Å². The number of carbonyl (C=O) groups excluding carboxylic acids is 1. The number of carbonyl (C=O) groups is 1. The summed E-state index contributed by atoms with van der Waals surface area (Å²) in [6.07, 6.45) is 1.38. The molecular formula is C19H25ClN2O2. The first-order valence-corrected chi connectivity index (χ1v) is 8.23. The van der Waals surface area contributed by atoms with Crippen LogP contribution in [0.2, 0.25) is 0 Å². The van der Waals surface area contributed by atoms with E-state index in [4.69, 9.17) is 10.5 Å². The first kappa shape index (κ1) is 18.7. The van der Waals surface area contributed by atoms with Gasteiger partial charge in [-0.25, -0.2) is 0 Å². The van der Waals surface area contributed by atoms with Gasteiger partial charge < -0.3 is 15.8 Å². The average molecular weight is 349 g/mol. The Morgan fingerprint density at radius 1 is 1.21 bits per heavy atom. The highest BCUT2D eigenvalue weighted by atomic mass is 35.5. The number of nitrogens with two attached hydrogens (primary N) is 1. The molecule has 1 heterocycles. The van der Waals surface area contributed by atoms with E-state index in [0.29, 0.717) is 32.6 Å². The Labute approximate surface area is 149 Å². The lowest BCUT2D eigenvalue weighted by atomic mass is 9.79. The van der Waals surface area contributed by atoms with Crippen LogP contribution in [-0.4, -0.2) is 25.7 Å². The summed E-state index contributed by atoms with van der Waals surface area (Å²) < 4.78 is 5.39. The van der Waals surface area contributed by atoms with Gasteiger partial charge >= 0.3 is 0 Å². The van der Waals surface area contributed by atoms with E-state index in [2.05, 4.69) is 29.6 Å². The van der Waals surface area contributed by atoms with E-state index >= 15 is 0 Å². The van der Waals surface area contributed by atoms with Gasteiger partial charge in [-0.15, -0.1) is 12.4 Å². The highest BCUT2D eigenvalue weighted by Crippen LogP contribution is 2.31. The molecule has 3 rings (SSSR count). The lowest BCUT2D eigenvalue weighted by molar-refractivity contribution is -0.136. The quantitative estimate of drug-likeness (QED) is 0.891. The van der Waals surface area contributed by atoms with Crippen molar-refractivity contribution < 1.29 is 9.53 Å². The van der Waals surface area contributed by atoms with Gasteiger partial charge in [-0.1, -0.05) is 42.5 Å². The Bertz CT molecular complexity index is 693. The molecule has 2 aromatic carbocycles. The third kappa shape index (κ3) is 3.56. The largest absolute Gasteiger partial charge is 0.381 e. The van der Waals surface area contributed by atoms with Crippen molar-refractivity contribution in [1.82, 2.24) is 5.32 Å². The lowest BCUT2D eigenvalue weighted by Crippen LogP contribution is -2.49. The van der Waals surface area contributed by atoms with Crippen molar-refractivity contribution in [3.63, 3.8) is 0 Å². The van der Waals surface area contributed by atoms with E-state index in [9.17, 15) is 4.79 Å². The monoisotopic (exact) mass is 348 g/mol. The van der Waals surface area contributed by atoms with Crippen LogP contribution >= 0.6 is 12.4 Å². The molecule has 0 aliphatic carbocycles.